The molecule has 0 radical (unpaired) electrons. The molecule has 1 aliphatic carbocycles. The number of H-pyrrole nitrogens is 1. The highest BCUT2D eigenvalue weighted by Crippen LogP contribution is 2.27. The quantitative estimate of drug-likeness (QED) is 0.715. The first-order valence-corrected chi connectivity index (χ1v) is 5.13. The Kier molecular flexibility index (Phi) is 2.93. The monoisotopic (exact) mass is 192 g/mol. The second kappa shape index (κ2) is 4.37. The third-order valence-corrected chi connectivity index (χ3v) is 2.71. The third-order valence-electron chi connectivity index (χ3n) is 2.71. The summed E-state index contributed by atoms with van der Waals surface area (Å²) in [7, 11) is 1.97. The average molecular weight is 192 g/mol. The van der Waals surface area contributed by atoms with E-state index in [0.717, 1.165) is 5.69 Å². The Hall–Kier alpha value is -1.16. The first-order chi connectivity index (χ1) is 6.92. The van der Waals surface area contributed by atoms with E-state index in [1.807, 2.05) is 7.05 Å². The number of nitrogens with zero attached hydrogens (tertiary/aromatic N) is 2. The first kappa shape index (κ1) is 9.40. The molecule has 0 spiro atoms. The topological polar surface area (TPSA) is 53.6 Å². The van der Waals surface area contributed by atoms with Gasteiger partial charge in [0.25, 0.3) is 0 Å². The van der Waals surface area contributed by atoms with Crippen molar-refractivity contribution in [3.8, 4) is 0 Å². The van der Waals surface area contributed by atoms with Crippen LogP contribution in [0.1, 0.15) is 37.4 Å². The summed E-state index contributed by atoms with van der Waals surface area (Å²) in [6.45, 7) is 0. The predicted octanol–water partition coefficient (Wildman–Crippen LogP) is 1.57. The molecule has 76 valence electrons. The normalized spacial score (nSPS) is 19.1. The van der Waals surface area contributed by atoms with E-state index in [9.17, 15) is 0 Å². The number of aromatic nitrogens is 3. The molecule has 2 rings (SSSR count). The molecule has 1 aliphatic rings. The fraction of sp³-hybridized carbons (Fsp3) is 0.600. The van der Waals surface area contributed by atoms with Crippen molar-refractivity contribution in [2.24, 2.45) is 0 Å². The van der Waals surface area contributed by atoms with E-state index in [1.54, 1.807) is 6.20 Å². The smallest absolute Gasteiger partial charge is 0.104 e. The number of rotatable bonds is 3. The lowest BCUT2D eigenvalue weighted by Crippen LogP contribution is -2.20. The van der Waals surface area contributed by atoms with Crippen LogP contribution in [-0.4, -0.2) is 22.5 Å². The number of hydrogen-bond donors (Lipinski definition) is 2. The zero-order chi connectivity index (χ0) is 9.80. The number of allylic oxidation sites excluding steroid dienone is 1. The van der Waals surface area contributed by atoms with Crippen LogP contribution in [0.4, 0.5) is 0 Å². The van der Waals surface area contributed by atoms with Gasteiger partial charge in [-0.1, -0.05) is 11.6 Å². The van der Waals surface area contributed by atoms with Crippen LogP contribution in [0.15, 0.2) is 17.8 Å². The maximum atomic E-state index is 4.12. The second-order valence-corrected chi connectivity index (χ2v) is 3.64. The van der Waals surface area contributed by atoms with E-state index in [2.05, 4.69) is 26.8 Å². The zero-order valence-corrected chi connectivity index (χ0v) is 8.45. The van der Waals surface area contributed by atoms with Crippen LogP contribution >= 0.6 is 0 Å². The summed E-state index contributed by atoms with van der Waals surface area (Å²) in [5.74, 6) is 0. The molecule has 14 heavy (non-hydrogen) atoms. The molecule has 4 nitrogen and oxygen atoms in total. The van der Waals surface area contributed by atoms with Crippen molar-refractivity contribution >= 4 is 0 Å². The molecule has 1 unspecified atom stereocenters. The van der Waals surface area contributed by atoms with E-state index >= 15 is 0 Å². The van der Waals surface area contributed by atoms with Gasteiger partial charge in [0.15, 0.2) is 0 Å². The van der Waals surface area contributed by atoms with E-state index < -0.39 is 0 Å². The molecule has 0 fully saturated rings. The second-order valence-electron chi connectivity index (χ2n) is 3.64. The van der Waals surface area contributed by atoms with Crippen molar-refractivity contribution in [1.82, 2.24) is 20.7 Å². The first-order valence-electron chi connectivity index (χ1n) is 5.13. The van der Waals surface area contributed by atoms with Crippen molar-refractivity contribution in [2.45, 2.75) is 31.7 Å². The molecule has 0 aliphatic heterocycles. The summed E-state index contributed by atoms with van der Waals surface area (Å²) < 4.78 is 0. The van der Waals surface area contributed by atoms with Gasteiger partial charge < -0.3 is 5.32 Å². The number of aromatic amines is 1. The molecule has 1 atom stereocenters. The van der Waals surface area contributed by atoms with Crippen LogP contribution in [0, 0.1) is 0 Å². The van der Waals surface area contributed by atoms with Gasteiger partial charge in [-0.05, 0) is 32.7 Å². The van der Waals surface area contributed by atoms with Gasteiger partial charge in [0, 0.05) is 0 Å². The van der Waals surface area contributed by atoms with Crippen LogP contribution in [0.25, 0.3) is 0 Å². The molecule has 2 N–H and O–H groups in total. The highest BCUT2D eigenvalue weighted by molar-refractivity contribution is 5.20. The summed E-state index contributed by atoms with van der Waals surface area (Å²) in [4.78, 5) is 0. The Morgan fingerprint density at radius 3 is 3.00 bits per heavy atom. The molecule has 4 heteroatoms. The number of likely N-dealkylation sites (N-methyl/N-ethyl adjacent to an activating group) is 1. The Morgan fingerprint density at radius 1 is 1.50 bits per heavy atom. The predicted molar refractivity (Wildman–Crippen MR) is 54.7 cm³/mol. The lowest BCUT2D eigenvalue weighted by molar-refractivity contribution is 0.582. The van der Waals surface area contributed by atoms with Gasteiger partial charge in [0.1, 0.15) is 5.69 Å². The van der Waals surface area contributed by atoms with Crippen molar-refractivity contribution in [3.63, 3.8) is 0 Å². The maximum Gasteiger partial charge on any atom is 0.104 e. The molecular weight excluding hydrogens is 176 g/mol. The third kappa shape index (κ3) is 1.85. The van der Waals surface area contributed by atoms with E-state index in [0.29, 0.717) is 0 Å². The number of hydrogen-bond acceptors (Lipinski definition) is 3. The summed E-state index contributed by atoms with van der Waals surface area (Å²) in [5.41, 5.74) is 2.44. The van der Waals surface area contributed by atoms with Gasteiger partial charge >= 0.3 is 0 Å². The van der Waals surface area contributed by atoms with Gasteiger partial charge in [-0.3, -0.25) is 0 Å². The highest BCUT2D eigenvalue weighted by Gasteiger charge is 2.18. The Bertz CT molecular complexity index is 302. The molecule has 0 aromatic carbocycles. The van der Waals surface area contributed by atoms with E-state index in [4.69, 9.17) is 0 Å². The zero-order valence-electron chi connectivity index (χ0n) is 8.45. The van der Waals surface area contributed by atoms with Crippen LogP contribution < -0.4 is 5.32 Å². The Balaban J connectivity index is 2.16. The molecule has 0 saturated carbocycles. The molecule has 1 heterocycles. The summed E-state index contributed by atoms with van der Waals surface area (Å²) >= 11 is 0. The van der Waals surface area contributed by atoms with Crippen LogP contribution in [0.3, 0.4) is 0 Å². The van der Waals surface area contributed by atoms with Gasteiger partial charge in [-0.25, -0.2) is 0 Å². The van der Waals surface area contributed by atoms with E-state index in [1.165, 1.54) is 31.3 Å². The lowest BCUT2D eigenvalue weighted by Gasteiger charge is -2.20. The molecule has 1 aromatic heterocycles. The Labute approximate surface area is 83.8 Å². The standard InChI is InChI=1S/C10H16N4/c1-11-10(9-7-12-14-13-9)8-5-3-2-4-6-8/h5,7,10-11H,2-4,6H2,1H3,(H,12,13,14). The van der Waals surface area contributed by atoms with Crippen LogP contribution in [0.2, 0.25) is 0 Å². The lowest BCUT2D eigenvalue weighted by atomic mass is 9.92. The van der Waals surface area contributed by atoms with E-state index in [-0.39, 0.29) is 6.04 Å². The number of nitrogens with one attached hydrogen (secondary N) is 2. The van der Waals surface area contributed by atoms with Crippen molar-refractivity contribution < 1.29 is 0 Å². The minimum atomic E-state index is 0.244. The maximum absolute atomic E-state index is 4.12. The molecule has 0 bridgehead atoms. The molecule has 0 amide bonds. The molecule has 0 saturated heterocycles. The fourth-order valence-corrected chi connectivity index (χ4v) is 2.00. The molecule has 1 aromatic rings. The van der Waals surface area contributed by atoms with Crippen molar-refractivity contribution in [3.05, 3.63) is 23.5 Å². The summed E-state index contributed by atoms with van der Waals surface area (Å²) in [6.07, 6.45) is 9.11. The minimum absolute atomic E-state index is 0.244. The largest absolute Gasteiger partial charge is 0.308 e. The highest BCUT2D eigenvalue weighted by atomic mass is 15.3. The SMILES string of the molecule is CNC(C1=CCCCC1)c1cn[nH]n1. The molecular formula is C10H16N4. The summed E-state index contributed by atoms with van der Waals surface area (Å²) in [5, 5.41) is 13.9. The average Bonchev–Trinajstić information content (AvgIpc) is 2.74. The minimum Gasteiger partial charge on any atom is -0.308 e. The summed E-state index contributed by atoms with van der Waals surface area (Å²) in [6, 6.07) is 0.244. The van der Waals surface area contributed by atoms with Crippen molar-refractivity contribution in [1.29, 1.82) is 0 Å². The van der Waals surface area contributed by atoms with Gasteiger partial charge in [0.2, 0.25) is 0 Å². The fourth-order valence-electron chi connectivity index (χ4n) is 2.00. The van der Waals surface area contributed by atoms with Gasteiger partial charge in [-0.2, -0.15) is 15.4 Å². The van der Waals surface area contributed by atoms with Gasteiger partial charge in [-0.15, -0.1) is 0 Å². The van der Waals surface area contributed by atoms with Crippen LogP contribution in [-0.2, 0) is 0 Å². The van der Waals surface area contributed by atoms with Crippen LogP contribution in [0.5, 0.6) is 0 Å². The van der Waals surface area contributed by atoms with Gasteiger partial charge in [0.05, 0.1) is 12.2 Å². The van der Waals surface area contributed by atoms with Crippen molar-refractivity contribution in [2.75, 3.05) is 7.05 Å². The Morgan fingerprint density at radius 2 is 2.43 bits per heavy atom.